The molecule has 1 heterocycles. The van der Waals surface area contributed by atoms with Crippen molar-refractivity contribution >= 4 is 32.8 Å². The predicted molar refractivity (Wildman–Crippen MR) is 46.1 cm³/mol. The molecule has 0 N–H and O–H groups in total. The van der Waals surface area contributed by atoms with Gasteiger partial charge in [-0.15, -0.1) is 17.0 Å². The van der Waals surface area contributed by atoms with E-state index in [9.17, 15) is 8.42 Å². The quantitative estimate of drug-likeness (QED) is 0.606. The first-order valence-corrected chi connectivity index (χ1v) is 4.10. The van der Waals surface area contributed by atoms with Gasteiger partial charge < -0.3 is 0 Å². The first-order valence-electron chi connectivity index (χ1n) is 2.96. The van der Waals surface area contributed by atoms with Crippen molar-refractivity contribution in [1.82, 2.24) is 4.90 Å². The summed E-state index contributed by atoms with van der Waals surface area (Å²) in [5, 5.41) is 0. The molecule has 0 aromatic heterocycles. The number of nitrogens with zero attached hydrogens (tertiary/aromatic N) is 1. The molecule has 60 valence electrons. The third-order valence-corrected chi connectivity index (χ3v) is 1.85. The Morgan fingerprint density at radius 3 is 2.10 bits per heavy atom. The Morgan fingerprint density at radius 1 is 1.20 bits per heavy atom. The van der Waals surface area contributed by atoms with E-state index in [1.54, 1.807) is 0 Å². The summed E-state index contributed by atoms with van der Waals surface area (Å²) in [6.45, 7) is 1.79. The molecule has 0 radical (unpaired) electrons. The van der Waals surface area contributed by atoms with Gasteiger partial charge in [-0.25, -0.2) is 0 Å². The van der Waals surface area contributed by atoms with E-state index in [-0.39, 0.29) is 17.0 Å². The lowest BCUT2D eigenvalue weighted by atomic mass is 10.4. The fourth-order valence-electron chi connectivity index (χ4n) is 0.969. The van der Waals surface area contributed by atoms with Crippen molar-refractivity contribution in [2.75, 3.05) is 13.1 Å². The molecule has 1 saturated heterocycles. The minimum absolute atomic E-state index is 0. The highest BCUT2D eigenvalue weighted by molar-refractivity contribution is 8.93. The van der Waals surface area contributed by atoms with Crippen LogP contribution < -0.4 is 0 Å². The van der Waals surface area contributed by atoms with Crippen LogP contribution in [0.25, 0.3) is 0 Å². The fraction of sp³-hybridized carbons (Fsp3) is 0.800. The third-order valence-electron chi connectivity index (χ3n) is 1.38. The van der Waals surface area contributed by atoms with E-state index in [2.05, 4.69) is 0 Å². The van der Waals surface area contributed by atoms with E-state index in [0.717, 1.165) is 25.9 Å². The van der Waals surface area contributed by atoms with Crippen LogP contribution in [-0.2, 0) is 10.3 Å². The summed E-state index contributed by atoms with van der Waals surface area (Å²) in [4.78, 5) is 1.82. The maximum Gasteiger partial charge on any atom is 0.225 e. The van der Waals surface area contributed by atoms with Gasteiger partial charge in [-0.2, -0.15) is 8.42 Å². The molecule has 0 aromatic carbocycles. The Kier molecular flexibility index (Phi) is 4.93. The van der Waals surface area contributed by atoms with Gasteiger partial charge in [0.15, 0.2) is 0 Å². The van der Waals surface area contributed by atoms with Crippen LogP contribution in [0.2, 0.25) is 0 Å². The molecule has 5 heteroatoms. The van der Waals surface area contributed by atoms with Crippen molar-refractivity contribution < 1.29 is 8.42 Å². The van der Waals surface area contributed by atoms with Gasteiger partial charge in [0.05, 0.1) is 0 Å². The molecule has 1 aliphatic heterocycles. The van der Waals surface area contributed by atoms with Crippen LogP contribution in [0, 0.1) is 0 Å². The van der Waals surface area contributed by atoms with Crippen molar-refractivity contribution in [2.45, 2.75) is 12.8 Å². The Labute approximate surface area is 72.3 Å². The lowest BCUT2D eigenvalue weighted by Crippen LogP contribution is -2.16. The number of likely N-dealkylation sites (tertiary alicyclic amines) is 1. The molecule has 0 aliphatic carbocycles. The van der Waals surface area contributed by atoms with Gasteiger partial charge in [0.2, 0.25) is 10.3 Å². The van der Waals surface area contributed by atoms with E-state index in [4.69, 9.17) is 0 Å². The second kappa shape index (κ2) is 4.87. The van der Waals surface area contributed by atoms with Crippen LogP contribution in [0.1, 0.15) is 12.8 Å². The monoisotopic (exact) mass is 227 g/mol. The van der Waals surface area contributed by atoms with Gasteiger partial charge in [0, 0.05) is 13.1 Å². The molecule has 0 spiro atoms. The molecular weight excluding hydrogens is 218 g/mol. The van der Waals surface area contributed by atoms with Crippen LogP contribution in [0.3, 0.4) is 0 Å². The standard InChI is InChI=1S/C5H9NO2S.BrH/c7-9(8)5-6-3-1-2-4-6;/h5H,1-4H2;1H. The van der Waals surface area contributed by atoms with Gasteiger partial charge in [0.1, 0.15) is 5.49 Å². The van der Waals surface area contributed by atoms with E-state index in [1.165, 1.54) is 5.49 Å². The van der Waals surface area contributed by atoms with Crippen molar-refractivity contribution in [3.05, 3.63) is 0 Å². The molecule has 0 amide bonds. The Hall–Kier alpha value is 0.130. The van der Waals surface area contributed by atoms with E-state index in [1.807, 2.05) is 4.90 Å². The predicted octanol–water partition coefficient (Wildman–Crippen LogP) is 0.299. The zero-order valence-electron chi connectivity index (χ0n) is 5.49. The molecule has 10 heavy (non-hydrogen) atoms. The van der Waals surface area contributed by atoms with E-state index in [0.29, 0.717) is 0 Å². The van der Waals surface area contributed by atoms with Crippen LogP contribution in [0.5, 0.6) is 0 Å². The Morgan fingerprint density at radius 2 is 1.70 bits per heavy atom. The number of rotatable bonds is 1. The first-order chi connectivity index (χ1) is 4.29. The minimum Gasteiger partial charge on any atom is -0.268 e. The summed E-state index contributed by atoms with van der Waals surface area (Å²) in [6.07, 6.45) is 2.24. The maximum atomic E-state index is 10.1. The molecule has 0 saturated carbocycles. The molecule has 0 aromatic rings. The van der Waals surface area contributed by atoms with Gasteiger partial charge in [-0.3, -0.25) is 4.90 Å². The van der Waals surface area contributed by atoms with E-state index < -0.39 is 10.3 Å². The van der Waals surface area contributed by atoms with Gasteiger partial charge in [-0.1, -0.05) is 0 Å². The van der Waals surface area contributed by atoms with Crippen LogP contribution >= 0.6 is 17.0 Å². The van der Waals surface area contributed by atoms with Crippen LogP contribution in [-0.4, -0.2) is 31.9 Å². The third kappa shape index (κ3) is 3.34. The van der Waals surface area contributed by atoms with Crippen LogP contribution in [0.15, 0.2) is 0 Å². The van der Waals surface area contributed by atoms with Gasteiger partial charge >= 0.3 is 0 Å². The Balaban J connectivity index is 0.000000810. The molecule has 1 aliphatic rings. The maximum absolute atomic E-state index is 10.1. The summed E-state index contributed by atoms with van der Waals surface area (Å²) in [5.41, 5.74) is 1.26. The SMILES string of the molecule is Br.O=S(=O)=CN1CCCC1. The van der Waals surface area contributed by atoms with Crippen molar-refractivity contribution in [2.24, 2.45) is 0 Å². The Bertz CT molecular complexity index is 198. The molecular formula is C5H10BrNO2S. The molecule has 3 nitrogen and oxygen atoms in total. The van der Waals surface area contributed by atoms with Gasteiger partial charge in [-0.05, 0) is 12.8 Å². The topological polar surface area (TPSA) is 37.4 Å². The second-order valence-corrected chi connectivity index (χ2v) is 2.84. The zero-order valence-corrected chi connectivity index (χ0v) is 8.02. The lowest BCUT2D eigenvalue weighted by molar-refractivity contribution is 0.540. The van der Waals surface area contributed by atoms with Crippen molar-refractivity contribution in [3.8, 4) is 0 Å². The molecule has 0 atom stereocenters. The summed E-state index contributed by atoms with van der Waals surface area (Å²) in [7, 11) is -2.00. The summed E-state index contributed by atoms with van der Waals surface area (Å²) < 4.78 is 20.1. The average molecular weight is 228 g/mol. The van der Waals surface area contributed by atoms with Crippen molar-refractivity contribution in [1.29, 1.82) is 0 Å². The number of hydrogen-bond donors (Lipinski definition) is 0. The summed E-state index contributed by atoms with van der Waals surface area (Å²) in [5.74, 6) is 0. The minimum atomic E-state index is -2.00. The van der Waals surface area contributed by atoms with E-state index >= 15 is 0 Å². The van der Waals surface area contributed by atoms with Crippen molar-refractivity contribution in [3.63, 3.8) is 0 Å². The number of hydrogen-bond acceptors (Lipinski definition) is 2. The molecule has 1 fully saturated rings. The molecule has 0 bridgehead atoms. The second-order valence-electron chi connectivity index (χ2n) is 2.11. The normalized spacial score (nSPS) is 18.0. The zero-order chi connectivity index (χ0) is 6.69. The number of halogens is 1. The summed E-state index contributed by atoms with van der Waals surface area (Å²) >= 11 is 0. The van der Waals surface area contributed by atoms with Gasteiger partial charge in [0.25, 0.3) is 0 Å². The fourth-order valence-corrected chi connectivity index (χ4v) is 1.42. The smallest absolute Gasteiger partial charge is 0.225 e. The molecule has 0 unspecified atom stereocenters. The average Bonchev–Trinajstić information content (AvgIpc) is 2.15. The van der Waals surface area contributed by atoms with Crippen LogP contribution in [0.4, 0.5) is 0 Å². The highest BCUT2D eigenvalue weighted by Crippen LogP contribution is 2.03. The largest absolute Gasteiger partial charge is 0.268 e. The first kappa shape index (κ1) is 10.1. The summed E-state index contributed by atoms with van der Waals surface area (Å²) in [6, 6.07) is 0. The molecule has 1 rings (SSSR count). The highest BCUT2D eigenvalue weighted by atomic mass is 79.9. The lowest BCUT2D eigenvalue weighted by Gasteiger charge is -2.01. The highest BCUT2D eigenvalue weighted by Gasteiger charge is 2.07.